The number of rotatable bonds is 7. The standard InChI is InChI=1S/C29H26OSi/c1-24(29(30)23-22-25-14-6-2-7-15-25)31(26-16-8-3-9-17-26,27-18-10-4-11-19-27)28-20-12-5-13-21-28/h2-23,29-30H,1H2/b23-22+. The number of aliphatic hydroxyl groups is 1. The van der Waals surface area contributed by atoms with Gasteiger partial charge in [0.25, 0.3) is 0 Å². The second-order valence-corrected chi connectivity index (χ2v) is 11.5. The van der Waals surface area contributed by atoms with Crippen LogP contribution < -0.4 is 15.6 Å². The van der Waals surface area contributed by atoms with E-state index < -0.39 is 14.2 Å². The van der Waals surface area contributed by atoms with Gasteiger partial charge in [0.05, 0.1) is 6.10 Å². The summed E-state index contributed by atoms with van der Waals surface area (Å²) in [7, 11) is -2.72. The van der Waals surface area contributed by atoms with Crippen LogP contribution in [0.3, 0.4) is 0 Å². The Balaban J connectivity index is 1.89. The minimum absolute atomic E-state index is 0.771. The SMILES string of the molecule is C=C(C(O)/C=C/c1ccccc1)[Si](c1ccccc1)(c1ccccc1)c1ccccc1. The van der Waals surface area contributed by atoms with Gasteiger partial charge in [-0.05, 0) is 26.3 Å². The minimum atomic E-state index is -2.72. The van der Waals surface area contributed by atoms with Crippen LogP contribution in [-0.2, 0) is 0 Å². The molecule has 4 rings (SSSR count). The van der Waals surface area contributed by atoms with Crippen LogP contribution in [0.5, 0.6) is 0 Å². The summed E-state index contributed by atoms with van der Waals surface area (Å²) in [6.45, 7) is 4.53. The maximum atomic E-state index is 11.3. The number of benzene rings is 4. The van der Waals surface area contributed by atoms with E-state index in [1.165, 1.54) is 15.6 Å². The van der Waals surface area contributed by atoms with Gasteiger partial charge in [0.15, 0.2) is 8.07 Å². The first-order chi connectivity index (χ1) is 15.2. The summed E-state index contributed by atoms with van der Waals surface area (Å²) < 4.78 is 0. The highest BCUT2D eigenvalue weighted by atomic mass is 28.3. The second kappa shape index (κ2) is 9.56. The Morgan fingerprint density at radius 3 is 1.35 bits per heavy atom. The Morgan fingerprint density at radius 2 is 0.968 bits per heavy atom. The zero-order valence-corrected chi connectivity index (χ0v) is 18.4. The monoisotopic (exact) mass is 418 g/mol. The lowest BCUT2D eigenvalue weighted by molar-refractivity contribution is 0.267. The van der Waals surface area contributed by atoms with E-state index in [2.05, 4.69) is 79.4 Å². The molecule has 0 aromatic heterocycles. The van der Waals surface area contributed by atoms with E-state index >= 15 is 0 Å². The third-order valence-corrected chi connectivity index (χ3v) is 10.6. The van der Waals surface area contributed by atoms with Crippen LogP contribution in [0.2, 0.25) is 0 Å². The molecule has 1 nitrogen and oxygen atoms in total. The molecule has 0 saturated heterocycles. The highest BCUT2D eigenvalue weighted by Gasteiger charge is 2.43. The van der Waals surface area contributed by atoms with Crippen molar-refractivity contribution in [3.05, 3.63) is 145 Å². The smallest absolute Gasteiger partial charge is 0.177 e. The van der Waals surface area contributed by atoms with Crippen molar-refractivity contribution in [1.29, 1.82) is 0 Å². The molecule has 0 fully saturated rings. The highest BCUT2D eigenvalue weighted by molar-refractivity contribution is 7.16. The fourth-order valence-corrected chi connectivity index (χ4v) is 8.95. The van der Waals surface area contributed by atoms with Gasteiger partial charge in [-0.3, -0.25) is 0 Å². The first kappa shape index (κ1) is 20.8. The average Bonchev–Trinajstić information content (AvgIpc) is 2.85. The van der Waals surface area contributed by atoms with Crippen LogP contribution in [0, 0.1) is 0 Å². The van der Waals surface area contributed by atoms with E-state index in [1.54, 1.807) is 0 Å². The van der Waals surface area contributed by atoms with Crippen LogP contribution in [0.25, 0.3) is 6.08 Å². The van der Waals surface area contributed by atoms with Crippen molar-refractivity contribution in [2.24, 2.45) is 0 Å². The van der Waals surface area contributed by atoms with Gasteiger partial charge < -0.3 is 5.11 Å². The van der Waals surface area contributed by atoms with Crippen LogP contribution in [-0.4, -0.2) is 19.3 Å². The third-order valence-electron chi connectivity index (χ3n) is 5.73. The third kappa shape index (κ3) is 4.22. The summed E-state index contributed by atoms with van der Waals surface area (Å²) >= 11 is 0. The Bertz CT molecular complexity index is 1040. The second-order valence-electron chi connectivity index (χ2n) is 7.59. The number of hydrogen-bond acceptors (Lipinski definition) is 1. The molecule has 4 aromatic rings. The van der Waals surface area contributed by atoms with Gasteiger partial charge in [0, 0.05) is 0 Å². The molecule has 31 heavy (non-hydrogen) atoms. The fraction of sp³-hybridized carbons (Fsp3) is 0.0345. The first-order valence-corrected chi connectivity index (χ1v) is 12.5. The summed E-state index contributed by atoms with van der Waals surface area (Å²) in [4.78, 5) is 0. The Hall–Kier alpha value is -3.46. The zero-order valence-electron chi connectivity index (χ0n) is 17.4. The Labute approximate surface area is 185 Å². The minimum Gasteiger partial charge on any atom is -0.385 e. The molecule has 152 valence electrons. The lowest BCUT2D eigenvalue weighted by Crippen LogP contribution is -2.69. The van der Waals surface area contributed by atoms with E-state index in [0.717, 1.165) is 10.8 Å². The summed E-state index contributed by atoms with van der Waals surface area (Å²) in [5, 5.41) is 15.8. The van der Waals surface area contributed by atoms with Crippen LogP contribution >= 0.6 is 0 Å². The Morgan fingerprint density at radius 1 is 0.613 bits per heavy atom. The first-order valence-electron chi connectivity index (χ1n) is 10.5. The van der Waals surface area contributed by atoms with Crippen molar-refractivity contribution in [3.63, 3.8) is 0 Å². The normalized spacial score (nSPS) is 12.5. The average molecular weight is 419 g/mol. The molecular weight excluding hydrogens is 392 g/mol. The lowest BCUT2D eigenvalue weighted by atomic mass is 10.2. The fourth-order valence-electron chi connectivity index (χ4n) is 4.23. The van der Waals surface area contributed by atoms with Gasteiger partial charge in [0.1, 0.15) is 0 Å². The van der Waals surface area contributed by atoms with E-state index in [-0.39, 0.29) is 0 Å². The van der Waals surface area contributed by atoms with E-state index in [1.807, 2.05) is 60.7 Å². The predicted octanol–water partition coefficient (Wildman–Crippen LogP) is 4.33. The van der Waals surface area contributed by atoms with E-state index in [4.69, 9.17) is 0 Å². The van der Waals surface area contributed by atoms with Gasteiger partial charge in [-0.25, -0.2) is 0 Å². The Kier molecular flexibility index (Phi) is 6.42. The van der Waals surface area contributed by atoms with E-state index in [0.29, 0.717) is 0 Å². The molecule has 0 aliphatic rings. The van der Waals surface area contributed by atoms with Gasteiger partial charge >= 0.3 is 0 Å². The van der Waals surface area contributed by atoms with Crippen molar-refractivity contribution in [2.75, 3.05) is 0 Å². The molecule has 2 heteroatoms. The molecule has 0 aliphatic heterocycles. The molecule has 0 bridgehead atoms. The molecule has 0 radical (unpaired) electrons. The molecule has 0 amide bonds. The summed E-state index contributed by atoms with van der Waals surface area (Å²) in [5.74, 6) is 0. The lowest BCUT2D eigenvalue weighted by Gasteiger charge is -2.37. The van der Waals surface area contributed by atoms with Crippen LogP contribution in [0.1, 0.15) is 5.56 Å². The molecule has 1 atom stereocenters. The van der Waals surface area contributed by atoms with Gasteiger partial charge in [-0.15, -0.1) is 0 Å². The summed E-state index contributed by atoms with van der Waals surface area (Å²) in [5.41, 5.74) is 1.06. The van der Waals surface area contributed by atoms with Crippen LogP contribution in [0.4, 0.5) is 0 Å². The van der Waals surface area contributed by atoms with Crippen LogP contribution in [0.15, 0.2) is 139 Å². The predicted molar refractivity (Wildman–Crippen MR) is 135 cm³/mol. The number of aliphatic hydroxyl groups excluding tert-OH is 1. The zero-order chi connectivity index (χ0) is 21.5. The molecule has 1 unspecified atom stereocenters. The molecule has 4 aromatic carbocycles. The summed E-state index contributed by atoms with van der Waals surface area (Å²) in [6.07, 6.45) is 3.05. The van der Waals surface area contributed by atoms with Gasteiger partial charge in [-0.2, -0.15) is 0 Å². The van der Waals surface area contributed by atoms with Gasteiger partial charge in [-0.1, -0.05) is 140 Å². The van der Waals surface area contributed by atoms with Crippen molar-refractivity contribution in [1.82, 2.24) is 0 Å². The molecule has 0 saturated carbocycles. The highest BCUT2D eigenvalue weighted by Crippen LogP contribution is 2.20. The molecule has 0 aliphatic carbocycles. The maximum absolute atomic E-state index is 11.3. The molecule has 0 spiro atoms. The molecular formula is C29H26OSi. The van der Waals surface area contributed by atoms with E-state index in [9.17, 15) is 5.11 Å². The molecule has 0 heterocycles. The quantitative estimate of drug-likeness (QED) is 0.350. The largest absolute Gasteiger partial charge is 0.385 e. The topological polar surface area (TPSA) is 20.2 Å². The van der Waals surface area contributed by atoms with Crippen molar-refractivity contribution >= 4 is 29.7 Å². The van der Waals surface area contributed by atoms with Crippen molar-refractivity contribution in [2.45, 2.75) is 6.10 Å². The summed E-state index contributed by atoms with van der Waals surface area (Å²) in [6, 6.07) is 41.6. The molecule has 1 N–H and O–H groups in total. The maximum Gasteiger partial charge on any atom is 0.177 e. The van der Waals surface area contributed by atoms with Gasteiger partial charge in [0.2, 0.25) is 0 Å². The van der Waals surface area contributed by atoms with Crippen molar-refractivity contribution in [3.8, 4) is 0 Å². The van der Waals surface area contributed by atoms with Crippen molar-refractivity contribution < 1.29 is 5.11 Å². The number of hydrogen-bond donors (Lipinski definition) is 1.